The molecule has 0 saturated heterocycles. The van der Waals surface area contributed by atoms with Crippen LogP contribution in [0.2, 0.25) is 10.0 Å². The normalized spacial score (nSPS) is 10.4. The van der Waals surface area contributed by atoms with E-state index < -0.39 is 0 Å². The highest BCUT2D eigenvalue weighted by molar-refractivity contribution is 6.42. The van der Waals surface area contributed by atoms with Crippen molar-refractivity contribution in [2.24, 2.45) is 0 Å². The van der Waals surface area contributed by atoms with Crippen LogP contribution < -0.4 is 0 Å². The van der Waals surface area contributed by atoms with Gasteiger partial charge in [0.15, 0.2) is 0 Å². The molecule has 0 N–H and O–H groups in total. The maximum atomic E-state index is 12.3. The van der Waals surface area contributed by atoms with Gasteiger partial charge in [-0.1, -0.05) is 47.0 Å². The Kier molecular flexibility index (Phi) is 4.69. The van der Waals surface area contributed by atoms with Crippen molar-refractivity contribution >= 4 is 29.1 Å². The van der Waals surface area contributed by atoms with Gasteiger partial charge in [-0.25, -0.2) is 0 Å². The zero-order valence-electron chi connectivity index (χ0n) is 11.4. The van der Waals surface area contributed by atoms with Crippen LogP contribution in [0, 0.1) is 6.92 Å². The summed E-state index contributed by atoms with van der Waals surface area (Å²) >= 11 is 11.9. The van der Waals surface area contributed by atoms with Gasteiger partial charge in [-0.2, -0.15) is 0 Å². The Morgan fingerprint density at radius 3 is 2.50 bits per heavy atom. The van der Waals surface area contributed by atoms with E-state index in [-0.39, 0.29) is 5.91 Å². The molecule has 0 aliphatic carbocycles. The van der Waals surface area contributed by atoms with E-state index in [2.05, 4.69) is 0 Å². The Bertz CT molecular complexity index is 640. The van der Waals surface area contributed by atoms with E-state index in [1.54, 1.807) is 24.1 Å². The molecule has 0 aromatic heterocycles. The Morgan fingerprint density at radius 2 is 1.85 bits per heavy atom. The molecule has 2 aromatic rings. The highest BCUT2D eigenvalue weighted by atomic mass is 35.5. The van der Waals surface area contributed by atoms with E-state index in [0.717, 1.165) is 11.1 Å². The molecule has 0 fully saturated rings. The molecule has 20 heavy (non-hydrogen) atoms. The minimum Gasteiger partial charge on any atom is -0.337 e. The molecule has 2 aromatic carbocycles. The zero-order valence-corrected chi connectivity index (χ0v) is 12.9. The molecule has 2 rings (SSSR count). The standard InChI is InChI=1S/C16H15Cl2NO/c1-11-4-3-5-13(8-11)16(20)19(2)10-12-6-7-14(17)15(18)9-12/h3-9H,10H2,1-2H3. The third-order valence-electron chi connectivity index (χ3n) is 3.02. The predicted octanol–water partition coefficient (Wildman–Crippen LogP) is 4.57. The molecule has 0 bridgehead atoms. The summed E-state index contributed by atoms with van der Waals surface area (Å²) in [6.07, 6.45) is 0. The van der Waals surface area contributed by atoms with Crippen LogP contribution in [-0.4, -0.2) is 17.9 Å². The van der Waals surface area contributed by atoms with E-state index in [1.165, 1.54) is 0 Å². The maximum absolute atomic E-state index is 12.3. The number of amides is 1. The maximum Gasteiger partial charge on any atom is 0.253 e. The lowest BCUT2D eigenvalue weighted by Gasteiger charge is -2.18. The van der Waals surface area contributed by atoms with Gasteiger partial charge in [0.05, 0.1) is 10.0 Å². The van der Waals surface area contributed by atoms with Crippen molar-refractivity contribution in [2.45, 2.75) is 13.5 Å². The summed E-state index contributed by atoms with van der Waals surface area (Å²) in [4.78, 5) is 14.0. The van der Waals surface area contributed by atoms with Gasteiger partial charge in [0.1, 0.15) is 0 Å². The van der Waals surface area contributed by atoms with E-state index in [1.807, 2.05) is 37.3 Å². The number of rotatable bonds is 3. The first kappa shape index (κ1) is 14.9. The third kappa shape index (κ3) is 3.53. The molecule has 0 radical (unpaired) electrons. The van der Waals surface area contributed by atoms with E-state index >= 15 is 0 Å². The number of benzene rings is 2. The predicted molar refractivity (Wildman–Crippen MR) is 83.4 cm³/mol. The van der Waals surface area contributed by atoms with Gasteiger partial charge in [0, 0.05) is 19.2 Å². The van der Waals surface area contributed by atoms with Crippen LogP contribution in [-0.2, 0) is 6.54 Å². The second kappa shape index (κ2) is 6.29. The first-order chi connectivity index (χ1) is 9.47. The van der Waals surface area contributed by atoms with Gasteiger partial charge in [0.25, 0.3) is 5.91 Å². The van der Waals surface area contributed by atoms with E-state index in [0.29, 0.717) is 22.2 Å². The number of carbonyl (C=O) groups excluding carboxylic acids is 1. The lowest BCUT2D eigenvalue weighted by molar-refractivity contribution is 0.0785. The minimum absolute atomic E-state index is 0.0141. The second-order valence-corrected chi connectivity index (χ2v) is 5.59. The fourth-order valence-corrected chi connectivity index (χ4v) is 2.30. The summed E-state index contributed by atoms with van der Waals surface area (Å²) in [7, 11) is 1.77. The lowest BCUT2D eigenvalue weighted by atomic mass is 10.1. The van der Waals surface area contributed by atoms with Crippen molar-refractivity contribution in [1.82, 2.24) is 4.90 Å². The molecule has 0 aliphatic rings. The largest absolute Gasteiger partial charge is 0.337 e. The SMILES string of the molecule is Cc1cccc(C(=O)N(C)Cc2ccc(Cl)c(Cl)c2)c1. The number of hydrogen-bond acceptors (Lipinski definition) is 1. The topological polar surface area (TPSA) is 20.3 Å². The Hall–Kier alpha value is -1.51. The third-order valence-corrected chi connectivity index (χ3v) is 3.75. The van der Waals surface area contributed by atoms with Crippen LogP contribution >= 0.6 is 23.2 Å². The van der Waals surface area contributed by atoms with Crippen LogP contribution in [0.4, 0.5) is 0 Å². The molecule has 0 aliphatic heterocycles. The summed E-state index contributed by atoms with van der Waals surface area (Å²) in [5, 5.41) is 1.02. The van der Waals surface area contributed by atoms with Gasteiger partial charge >= 0.3 is 0 Å². The van der Waals surface area contributed by atoms with Crippen molar-refractivity contribution in [3.63, 3.8) is 0 Å². The summed E-state index contributed by atoms with van der Waals surface area (Å²) in [6.45, 7) is 2.46. The second-order valence-electron chi connectivity index (χ2n) is 4.78. The van der Waals surface area contributed by atoms with E-state index in [9.17, 15) is 4.79 Å². The van der Waals surface area contributed by atoms with Crippen LogP contribution in [0.25, 0.3) is 0 Å². The zero-order chi connectivity index (χ0) is 14.7. The highest BCUT2D eigenvalue weighted by Crippen LogP contribution is 2.23. The Balaban J connectivity index is 2.13. The van der Waals surface area contributed by atoms with Crippen molar-refractivity contribution in [3.05, 3.63) is 69.2 Å². The molecule has 1 amide bonds. The number of aryl methyl sites for hydroxylation is 1. The molecule has 104 valence electrons. The number of halogens is 2. The average molecular weight is 308 g/mol. The molecular formula is C16H15Cl2NO. The fraction of sp³-hybridized carbons (Fsp3) is 0.188. The molecule has 0 atom stereocenters. The van der Waals surface area contributed by atoms with Crippen molar-refractivity contribution < 1.29 is 4.79 Å². The number of hydrogen-bond donors (Lipinski definition) is 0. The molecule has 2 nitrogen and oxygen atoms in total. The highest BCUT2D eigenvalue weighted by Gasteiger charge is 2.12. The van der Waals surface area contributed by atoms with Gasteiger partial charge in [-0.15, -0.1) is 0 Å². The van der Waals surface area contributed by atoms with Crippen LogP contribution in [0.1, 0.15) is 21.5 Å². The van der Waals surface area contributed by atoms with Crippen LogP contribution in [0.15, 0.2) is 42.5 Å². The number of nitrogens with zero attached hydrogens (tertiary/aromatic N) is 1. The molecule has 0 spiro atoms. The first-order valence-corrected chi connectivity index (χ1v) is 6.99. The van der Waals surface area contributed by atoms with Crippen LogP contribution in [0.5, 0.6) is 0 Å². The molecule has 0 heterocycles. The monoisotopic (exact) mass is 307 g/mol. The lowest BCUT2D eigenvalue weighted by Crippen LogP contribution is -2.26. The Labute approximate surface area is 128 Å². The van der Waals surface area contributed by atoms with Gasteiger partial charge in [-0.05, 0) is 36.8 Å². The van der Waals surface area contributed by atoms with Crippen LogP contribution in [0.3, 0.4) is 0 Å². The summed E-state index contributed by atoms with van der Waals surface area (Å²) in [5.41, 5.74) is 2.70. The molecule has 0 unspecified atom stereocenters. The molecular weight excluding hydrogens is 293 g/mol. The summed E-state index contributed by atoms with van der Waals surface area (Å²) in [6, 6.07) is 12.9. The fourth-order valence-electron chi connectivity index (χ4n) is 1.98. The molecule has 4 heteroatoms. The van der Waals surface area contributed by atoms with E-state index in [4.69, 9.17) is 23.2 Å². The summed E-state index contributed by atoms with van der Waals surface area (Å²) < 4.78 is 0. The first-order valence-electron chi connectivity index (χ1n) is 6.23. The van der Waals surface area contributed by atoms with Gasteiger partial charge in [0.2, 0.25) is 0 Å². The van der Waals surface area contributed by atoms with Crippen molar-refractivity contribution in [1.29, 1.82) is 0 Å². The van der Waals surface area contributed by atoms with Gasteiger partial charge in [-0.3, -0.25) is 4.79 Å². The Morgan fingerprint density at radius 1 is 1.10 bits per heavy atom. The summed E-state index contributed by atoms with van der Waals surface area (Å²) in [5.74, 6) is -0.0141. The minimum atomic E-state index is -0.0141. The smallest absolute Gasteiger partial charge is 0.253 e. The average Bonchev–Trinajstić information content (AvgIpc) is 2.42. The van der Waals surface area contributed by atoms with Crippen molar-refractivity contribution in [3.8, 4) is 0 Å². The van der Waals surface area contributed by atoms with Crippen molar-refractivity contribution in [2.75, 3.05) is 7.05 Å². The molecule has 0 saturated carbocycles. The quantitative estimate of drug-likeness (QED) is 0.813. The van der Waals surface area contributed by atoms with Gasteiger partial charge < -0.3 is 4.90 Å². The number of carbonyl (C=O) groups is 1.